The molecule has 1 N–H and O–H groups in total. The van der Waals surface area contributed by atoms with Crippen molar-refractivity contribution in [3.8, 4) is 5.75 Å². The van der Waals surface area contributed by atoms with Gasteiger partial charge in [0, 0.05) is 22.9 Å². The van der Waals surface area contributed by atoms with Crippen LogP contribution in [0.1, 0.15) is 70.3 Å². The van der Waals surface area contributed by atoms with Crippen molar-refractivity contribution in [1.29, 1.82) is 0 Å². The second kappa shape index (κ2) is 10.7. The summed E-state index contributed by atoms with van der Waals surface area (Å²) < 4.78 is 16.3. The molecule has 3 aliphatic rings. The predicted octanol–water partition coefficient (Wildman–Crippen LogP) is 4.57. The molecule has 1 aromatic carbocycles. The zero-order valence-electron chi connectivity index (χ0n) is 21.0. The molecule has 3 atom stereocenters. The second-order valence-electron chi connectivity index (χ2n) is 9.83. The number of methoxy groups -OCH3 is 2. The van der Waals surface area contributed by atoms with Crippen molar-refractivity contribution < 1.29 is 28.6 Å². The topological polar surface area (TPSA) is 90.9 Å². The summed E-state index contributed by atoms with van der Waals surface area (Å²) in [4.78, 5) is 40.0. The van der Waals surface area contributed by atoms with Crippen molar-refractivity contribution in [1.82, 2.24) is 5.32 Å². The lowest BCUT2D eigenvalue weighted by molar-refractivity contribution is -0.151. The van der Waals surface area contributed by atoms with Crippen molar-refractivity contribution in [3.05, 3.63) is 52.4 Å². The van der Waals surface area contributed by atoms with Gasteiger partial charge < -0.3 is 19.5 Å². The number of dihydropyridines is 1. The number of carbonyl (C=O) groups excluding carboxylic acids is 3. The van der Waals surface area contributed by atoms with E-state index in [0.29, 0.717) is 29.0 Å². The summed E-state index contributed by atoms with van der Waals surface area (Å²) in [6.07, 6.45) is 6.50. The molecule has 2 aliphatic carbocycles. The first-order chi connectivity index (χ1) is 16.8. The summed E-state index contributed by atoms with van der Waals surface area (Å²) in [5.74, 6) is -2.33. The van der Waals surface area contributed by atoms with Crippen LogP contribution in [-0.4, -0.2) is 38.0 Å². The van der Waals surface area contributed by atoms with E-state index in [-0.39, 0.29) is 17.8 Å². The Balaban J connectivity index is 1.76. The smallest absolute Gasteiger partial charge is 0.337 e. The van der Waals surface area contributed by atoms with Gasteiger partial charge in [0.1, 0.15) is 17.8 Å². The minimum atomic E-state index is -0.904. The zero-order chi connectivity index (χ0) is 25.1. The van der Waals surface area contributed by atoms with Crippen LogP contribution in [0.25, 0.3) is 0 Å². The van der Waals surface area contributed by atoms with Crippen LogP contribution in [0, 0.1) is 11.8 Å². The number of esters is 2. The molecule has 1 heterocycles. The molecule has 1 aliphatic heterocycles. The van der Waals surface area contributed by atoms with Gasteiger partial charge in [-0.3, -0.25) is 9.59 Å². The fourth-order valence-electron chi connectivity index (χ4n) is 5.66. The molecule has 0 unspecified atom stereocenters. The predicted molar refractivity (Wildman–Crippen MR) is 130 cm³/mol. The van der Waals surface area contributed by atoms with Crippen LogP contribution >= 0.6 is 0 Å². The van der Waals surface area contributed by atoms with Gasteiger partial charge in [0.25, 0.3) is 0 Å². The molecule has 1 aromatic rings. The fourth-order valence-corrected chi connectivity index (χ4v) is 5.66. The van der Waals surface area contributed by atoms with Crippen LogP contribution < -0.4 is 10.1 Å². The molecule has 0 saturated heterocycles. The quantitative estimate of drug-likeness (QED) is 0.374. The Hall–Kier alpha value is -3.09. The van der Waals surface area contributed by atoms with Crippen molar-refractivity contribution in [2.75, 3.05) is 14.2 Å². The average molecular weight is 482 g/mol. The summed E-state index contributed by atoms with van der Waals surface area (Å²) in [5, 5.41) is 3.32. The lowest BCUT2D eigenvalue weighted by Crippen LogP contribution is -2.43. The summed E-state index contributed by atoms with van der Waals surface area (Å²) in [6.45, 7) is 3.73. The van der Waals surface area contributed by atoms with Crippen LogP contribution in [0.15, 0.2) is 46.8 Å². The molecule has 0 bridgehead atoms. The Morgan fingerprint density at radius 2 is 1.66 bits per heavy atom. The Morgan fingerprint density at radius 3 is 2.26 bits per heavy atom. The molecular weight excluding hydrogens is 446 g/mol. The number of nitrogens with one attached hydrogen (secondary N) is 1. The lowest BCUT2D eigenvalue weighted by Gasteiger charge is -2.38. The number of carbonyl (C=O) groups is 3. The number of rotatable bonds is 5. The molecule has 0 amide bonds. The van der Waals surface area contributed by atoms with Gasteiger partial charge in [0.05, 0.1) is 19.8 Å². The van der Waals surface area contributed by atoms with Crippen molar-refractivity contribution in [3.63, 3.8) is 0 Å². The maximum Gasteiger partial charge on any atom is 0.337 e. The van der Waals surface area contributed by atoms with Gasteiger partial charge >= 0.3 is 11.9 Å². The Kier molecular flexibility index (Phi) is 7.63. The third-order valence-corrected chi connectivity index (χ3v) is 7.49. The van der Waals surface area contributed by atoms with E-state index in [1.54, 1.807) is 7.11 Å². The van der Waals surface area contributed by atoms with Crippen LogP contribution in [0.2, 0.25) is 0 Å². The van der Waals surface area contributed by atoms with E-state index in [9.17, 15) is 14.4 Å². The molecule has 0 radical (unpaired) electrons. The van der Waals surface area contributed by atoms with Gasteiger partial charge in [-0.1, -0.05) is 31.9 Å². The van der Waals surface area contributed by atoms with E-state index in [0.717, 1.165) is 49.8 Å². The average Bonchev–Trinajstić information content (AvgIpc) is 3.11. The SMILES string of the molecule is COC(=O)[C@@H]1C(=O)C2=C(C[C@@H]1C)NC(C)=C(C(=O)OC1CCCCCC1)[C@@H]2c1ccc(OC)cc1. The van der Waals surface area contributed by atoms with Gasteiger partial charge in [0.2, 0.25) is 0 Å². The number of allylic oxidation sites excluding steroid dienone is 3. The third kappa shape index (κ3) is 5.00. The maximum absolute atomic E-state index is 13.8. The van der Waals surface area contributed by atoms with Gasteiger partial charge in [-0.2, -0.15) is 0 Å². The van der Waals surface area contributed by atoms with Crippen molar-refractivity contribution in [2.24, 2.45) is 11.8 Å². The standard InChI is InChI=1S/C28H35NO6/c1-16-15-21-25(26(30)22(16)27(31)34-4)24(18-11-13-19(33-3)14-12-18)23(17(2)29-21)28(32)35-20-9-7-5-6-8-10-20/h11-14,16,20,22,24,29H,5-10,15H2,1-4H3/t16-,22-,24-/m0/s1. The van der Waals surface area contributed by atoms with E-state index < -0.39 is 23.8 Å². The molecule has 7 heteroatoms. The number of benzene rings is 1. The van der Waals surface area contributed by atoms with Crippen LogP contribution in [-0.2, 0) is 23.9 Å². The van der Waals surface area contributed by atoms with Crippen molar-refractivity contribution in [2.45, 2.75) is 70.8 Å². The Bertz CT molecular complexity index is 1050. The van der Waals surface area contributed by atoms with Crippen LogP contribution in [0.3, 0.4) is 0 Å². The second-order valence-corrected chi connectivity index (χ2v) is 9.83. The van der Waals surface area contributed by atoms with E-state index in [2.05, 4.69) is 5.32 Å². The van der Waals surface area contributed by atoms with Crippen LogP contribution in [0.4, 0.5) is 0 Å². The number of hydrogen-bond acceptors (Lipinski definition) is 7. The highest BCUT2D eigenvalue weighted by Gasteiger charge is 2.47. The summed E-state index contributed by atoms with van der Waals surface area (Å²) in [6, 6.07) is 7.36. The summed E-state index contributed by atoms with van der Waals surface area (Å²) in [5.41, 5.74) is 3.08. The van der Waals surface area contributed by atoms with E-state index in [1.807, 2.05) is 38.1 Å². The van der Waals surface area contributed by atoms with Gasteiger partial charge in [0.15, 0.2) is 5.78 Å². The minimum absolute atomic E-state index is 0.123. The first-order valence-corrected chi connectivity index (χ1v) is 12.5. The number of hydrogen-bond donors (Lipinski definition) is 1. The van der Waals surface area contributed by atoms with E-state index in [4.69, 9.17) is 14.2 Å². The Labute approximate surface area is 206 Å². The molecular formula is C28H35NO6. The fraction of sp³-hybridized carbons (Fsp3) is 0.536. The number of Topliss-reactive ketones (excluding diaryl/α,β-unsaturated/α-hetero) is 1. The first-order valence-electron chi connectivity index (χ1n) is 12.5. The normalized spacial score (nSPS) is 25.4. The highest BCUT2D eigenvalue weighted by Crippen LogP contribution is 2.46. The van der Waals surface area contributed by atoms with E-state index >= 15 is 0 Å². The highest BCUT2D eigenvalue weighted by molar-refractivity contribution is 6.12. The molecule has 0 aromatic heterocycles. The molecule has 1 saturated carbocycles. The Morgan fingerprint density at radius 1 is 1.00 bits per heavy atom. The minimum Gasteiger partial charge on any atom is -0.497 e. The summed E-state index contributed by atoms with van der Waals surface area (Å²) in [7, 11) is 2.89. The van der Waals surface area contributed by atoms with Crippen LogP contribution in [0.5, 0.6) is 5.75 Å². The molecule has 188 valence electrons. The maximum atomic E-state index is 13.8. The zero-order valence-corrected chi connectivity index (χ0v) is 21.0. The molecule has 35 heavy (non-hydrogen) atoms. The lowest BCUT2D eigenvalue weighted by atomic mass is 9.69. The largest absolute Gasteiger partial charge is 0.497 e. The van der Waals surface area contributed by atoms with Gasteiger partial charge in [-0.15, -0.1) is 0 Å². The van der Waals surface area contributed by atoms with Gasteiger partial charge in [-0.25, -0.2) is 4.79 Å². The number of ketones is 1. The molecule has 7 nitrogen and oxygen atoms in total. The molecule has 1 fully saturated rings. The highest BCUT2D eigenvalue weighted by atomic mass is 16.5. The molecule has 0 spiro atoms. The van der Waals surface area contributed by atoms with E-state index in [1.165, 1.54) is 7.11 Å². The number of ether oxygens (including phenoxy) is 3. The monoisotopic (exact) mass is 481 g/mol. The third-order valence-electron chi connectivity index (χ3n) is 7.49. The first kappa shape index (κ1) is 25.0. The van der Waals surface area contributed by atoms with Crippen molar-refractivity contribution >= 4 is 17.7 Å². The van der Waals surface area contributed by atoms with Gasteiger partial charge in [-0.05, 0) is 62.6 Å². The molecule has 4 rings (SSSR count). The summed E-state index contributed by atoms with van der Waals surface area (Å²) >= 11 is 0.